The van der Waals surface area contributed by atoms with Crippen LogP contribution in [0.15, 0.2) is 11.8 Å². The molecule has 6 nitrogen and oxygen atoms in total. The maximum atomic E-state index is 11.7. The van der Waals surface area contributed by atoms with E-state index in [1.54, 1.807) is 6.08 Å². The lowest BCUT2D eigenvalue weighted by atomic mass is 9.94. The lowest BCUT2D eigenvalue weighted by molar-refractivity contribution is -0.174. The standard InChI is InChI=1S/C11H14N2O4/c1-7-4-9(6-12)17-11(5-7,10(15)16-3)13-8(2)14/h4,7H,5H2,1-3H3,(H,13,14)/t7-,11-/m1/s1. The van der Waals surface area contributed by atoms with E-state index in [4.69, 9.17) is 10.00 Å². The van der Waals surface area contributed by atoms with Gasteiger partial charge in [-0.15, -0.1) is 0 Å². The zero-order chi connectivity index (χ0) is 13.1. The van der Waals surface area contributed by atoms with Gasteiger partial charge in [-0.3, -0.25) is 4.79 Å². The predicted octanol–water partition coefficient (Wildman–Crippen LogP) is 0.456. The van der Waals surface area contributed by atoms with Crippen molar-refractivity contribution in [3.63, 3.8) is 0 Å². The smallest absolute Gasteiger partial charge is 0.372 e. The number of esters is 1. The number of nitrogens with zero attached hydrogens (tertiary/aromatic N) is 1. The molecule has 0 fully saturated rings. The molecule has 0 aromatic carbocycles. The minimum Gasteiger partial charge on any atom is -0.465 e. The molecule has 17 heavy (non-hydrogen) atoms. The minimum atomic E-state index is -1.60. The molecule has 6 heteroatoms. The first-order valence-corrected chi connectivity index (χ1v) is 5.11. The summed E-state index contributed by atoms with van der Waals surface area (Å²) >= 11 is 0. The highest BCUT2D eigenvalue weighted by Gasteiger charge is 2.47. The molecule has 1 aliphatic rings. The summed E-state index contributed by atoms with van der Waals surface area (Å²) in [6, 6.07) is 1.82. The van der Waals surface area contributed by atoms with E-state index in [0.717, 1.165) is 0 Å². The van der Waals surface area contributed by atoms with Crippen LogP contribution in [0.25, 0.3) is 0 Å². The Labute approximate surface area is 99.2 Å². The van der Waals surface area contributed by atoms with E-state index in [1.165, 1.54) is 14.0 Å². The minimum absolute atomic E-state index is 0.00269. The van der Waals surface area contributed by atoms with Gasteiger partial charge in [0.2, 0.25) is 5.91 Å². The van der Waals surface area contributed by atoms with Gasteiger partial charge in [0.05, 0.1) is 7.11 Å². The summed E-state index contributed by atoms with van der Waals surface area (Å²) in [4.78, 5) is 22.9. The number of hydrogen-bond donors (Lipinski definition) is 1. The lowest BCUT2D eigenvalue weighted by Crippen LogP contribution is -2.58. The fraction of sp³-hybridized carbons (Fsp3) is 0.545. The summed E-state index contributed by atoms with van der Waals surface area (Å²) in [7, 11) is 1.20. The van der Waals surface area contributed by atoms with Crippen LogP contribution in [0, 0.1) is 17.2 Å². The molecule has 0 saturated carbocycles. The quantitative estimate of drug-likeness (QED) is 0.706. The van der Waals surface area contributed by atoms with Crippen molar-refractivity contribution in [3.8, 4) is 6.07 Å². The van der Waals surface area contributed by atoms with Crippen molar-refractivity contribution in [2.75, 3.05) is 7.11 Å². The molecule has 0 aromatic rings. The SMILES string of the molecule is COC(=O)[C@@]1(NC(C)=O)C[C@H](C)C=C(C#N)O1. The van der Waals surface area contributed by atoms with Gasteiger partial charge in [0, 0.05) is 13.3 Å². The summed E-state index contributed by atoms with van der Waals surface area (Å²) in [5, 5.41) is 11.2. The van der Waals surface area contributed by atoms with Crippen LogP contribution in [0.5, 0.6) is 0 Å². The van der Waals surface area contributed by atoms with Crippen molar-refractivity contribution in [1.82, 2.24) is 5.32 Å². The Kier molecular flexibility index (Phi) is 3.73. The molecule has 1 heterocycles. The summed E-state index contributed by atoms with van der Waals surface area (Å²) in [5.74, 6) is -1.23. The van der Waals surface area contributed by atoms with Crippen molar-refractivity contribution in [1.29, 1.82) is 5.26 Å². The lowest BCUT2D eigenvalue weighted by Gasteiger charge is -2.35. The Morgan fingerprint density at radius 2 is 2.35 bits per heavy atom. The molecule has 0 spiro atoms. The first-order chi connectivity index (χ1) is 7.93. The monoisotopic (exact) mass is 238 g/mol. The molecular formula is C11H14N2O4. The number of ether oxygens (including phenoxy) is 2. The van der Waals surface area contributed by atoms with Gasteiger partial charge in [0.25, 0.3) is 5.72 Å². The largest absolute Gasteiger partial charge is 0.465 e. The van der Waals surface area contributed by atoms with E-state index in [9.17, 15) is 9.59 Å². The molecule has 1 N–H and O–H groups in total. The zero-order valence-corrected chi connectivity index (χ0v) is 9.94. The molecular weight excluding hydrogens is 224 g/mol. The number of hydrogen-bond acceptors (Lipinski definition) is 5. The fourth-order valence-corrected chi connectivity index (χ4v) is 1.80. The van der Waals surface area contributed by atoms with Crippen LogP contribution >= 0.6 is 0 Å². The number of carbonyl (C=O) groups is 2. The van der Waals surface area contributed by atoms with Crippen LogP contribution < -0.4 is 5.32 Å². The summed E-state index contributed by atoms with van der Waals surface area (Å²) < 4.78 is 9.87. The molecule has 1 aliphatic heterocycles. The Bertz CT molecular complexity index is 410. The Hall–Kier alpha value is -2.03. The number of allylic oxidation sites excluding steroid dienone is 2. The molecule has 2 atom stereocenters. The van der Waals surface area contributed by atoms with Gasteiger partial charge in [-0.2, -0.15) is 5.26 Å². The first-order valence-electron chi connectivity index (χ1n) is 5.11. The van der Waals surface area contributed by atoms with Crippen LogP contribution in [0.1, 0.15) is 20.3 Å². The molecule has 1 rings (SSSR count). The predicted molar refractivity (Wildman–Crippen MR) is 57.1 cm³/mol. The molecule has 0 saturated heterocycles. The normalized spacial score (nSPS) is 27.2. The van der Waals surface area contributed by atoms with E-state index in [-0.39, 0.29) is 18.1 Å². The first kappa shape index (κ1) is 13.0. The van der Waals surface area contributed by atoms with Gasteiger partial charge in [-0.05, 0) is 12.0 Å². The molecule has 0 radical (unpaired) electrons. The van der Waals surface area contributed by atoms with Crippen molar-refractivity contribution in [2.45, 2.75) is 26.0 Å². The summed E-state index contributed by atoms with van der Waals surface area (Å²) in [5.41, 5.74) is -1.60. The number of methoxy groups -OCH3 is 1. The van der Waals surface area contributed by atoms with Crippen LogP contribution in [0.4, 0.5) is 0 Å². The molecule has 0 unspecified atom stereocenters. The topological polar surface area (TPSA) is 88.4 Å². The average molecular weight is 238 g/mol. The van der Waals surface area contributed by atoms with Crippen molar-refractivity contribution < 1.29 is 19.1 Å². The van der Waals surface area contributed by atoms with Gasteiger partial charge in [-0.1, -0.05) is 6.92 Å². The maximum Gasteiger partial charge on any atom is 0.372 e. The Morgan fingerprint density at radius 3 is 2.82 bits per heavy atom. The number of amides is 1. The van der Waals surface area contributed by atoms with Crippen molar-refractivity contribution >= 4 is 11.9 Å². The molecule has 92 valence electrons. The van der Waals surface area contributed by atoms with E-state index in [2.05, 4.69) is 10.1 Å². The van der Waals surface area contributed by atoms with Gasteiger partial charge in [0.1, 0.15) is 6.07 Å². The van der Waals surface area contributed by atoms with Gasteiger partial charge < -0.3 is 14.8 Å². The van der Waals surface area contributed by atoms with Crippen molar-refractivity contribution in [3.05, 3.63) is 11.8 Å². The second-order valence-electron chi connectivity index (χ2n) is 3.93. The van der Waals surface area contributed by atoms with Gasteiger partial charge in [-0.25, -0.2) is 4.79 Å². The van der Waals surface area contributed by atoms with E-state index < -0.39 is 17.6 Å². The molecule has 0 aliphatic carbocycles. The van der Waals surface area contributed by atoms with E-state index in [1.807, 2.05) is 13.0 Å². The van der Waals surface area contributed by atoms with Crippen molar-refractivity contribution in [2.24, 2.45) is 5.92 Å². The highest BCUT2D eigenvalue weighted by Crippen LogP contribution is 2.30. The number of carbonyl (C=O) groups excluding carboxylic acids is 2. The number of nitrogens with one attached hydrogen (secondary N) is 1. The van der Waals surface area contributed by atoms with E-state index in [0.29, 0.717) is 0 Å². The molecule has 1 amide bonds. The Morgan fingerprint density at radius 1 is 1.71 bits per heavy atom. The third-order valence-corrected chi connectivity index (χ3v) is 2.33. The third-order valence-electron chi connectivity index (χ3n) is 2.33. The second kappa shape index (κ2) is 4.87. The number of nitriles is 1. The maximum absolute atomic E-state index is 11.7. The highest BCUT2D eigenvalue weighted by molar-refractivity contribution is 5.86. The van der Waals surface area contributed by atoms with Crippen LogP contribution in [0.3, 0.4) is 0 Å². The summed E-state index contributed by atoms with van der Waals surface area (Å²) in [6.07, 6.45) is 1.83. The second-order valence-corrected chi connectivity index (χ2v) is 3.93. The van der Waals surface area contributed by atoms with Crippen LogP contribution in [-0.2, 0) is 19.1 Å². The zero-order valence-electron chi connectivity index (χ0n) is 9.94. The van der Waals surface area contributed by atoms with Crippen LogP contribution in [-0.4, -0.2) is 24.7 Å². The highest BCUT2D eigenvalue weighted by atomic mass is 16.6. The molecule has 0 bridgehead atoms. The van der Waals surface area contributed by atoms with E-state index >= 15 is 0 Å². The van der Waals surface area contributed by atoms with Gasteiger partial charge >= 0.3 is 5.97 Å². The fourth-order valence-electron chi connectivity index (χ4n) is 1.80. The Balaban J connectivity index is 3.09. The number of rotatable bonds is 2. The van der Waals surface area contributed by atoms with Crippen LogP contribution in [0.2, 0.25) is 0 Å². The summed E-state index contributed by atoms with van der Waals surface area (Å²) in [6.45, 7) is 3.09. The molecule has 0 aromatic heterocycles. The average Bonchev–Trinajstić information content (AvgIpc) is 2.25. The third kappa shape index (κ3) is 2.75. The van der Waals surface area contributed by atoms with Gasteiger partial charge in [0.15, 0.2) is 5.76 Å².